The van der Waals surface area contributed by atoms with Crippen molar-refractivity contribution in [2.45, 2.75) is 85.1 Å². The normalized spacial score (nSPS) is 15.5. The minimum absolute atomic E-state index is 0.140. The van der Waals surface area contributed by atoms with Crippen molar-refractivity contribution in [3.63, 3.8) is 0 Å². The van der Waals surface area contributed by atoms with Crippen molar-refractivity contribution in [3.8, 4) is 16.3 Å². The van der Waals surface area contributed by atoms with Gasteiger partial charge in [-0.2, -0.15) is 0 Å². The Morgan fingerprint density at radius 3 is 2.46 bits per heavy atom. The summed E-state index contributed by atoms with van der Waals surface area (Å²) in [5.74, 6) is 1.13. The van der Waals surface area contributed by atoms with Crippen LogP contribution in [0.25, 0.3) is 10.6 Å². The lowest BCUT2D eigenvalue weighted by atomic mass is 9.84. The van der Waals surface area contributed by atoms with Crippen LogP contribution in [0.1, 0.15) is 79.1 Å². The molecule has 35 heavy (non-hydrogen) atoms. The van der Waals surface area contributed by atoms with Gasteiger partial charge in [0, 0.05) is 31.0 Å². The van der Waals surface area contributed by atoms with Crippen LogP contribution in [0.15, 0.2) is 24.3 Å². The maximum Gasteiger partial charge on any atom is 0.227 e. The van der Waals surface area contributed by atoms with Gasteiger partial charge in [0.2, 0.25) is 16.9 Å². The molecule has 1 saturated carbocycles. The summed E-state index contributed by atoms with van der Waals surface area (Å²) in [6.45, 7) is 9.24. The number of ether oxygens (including phenoxy) is 1. The molecule has 1 aliphatic carbocycles. The summed E-state index contributed by atoms with van der Waals surface area (Å²) in [6, 6.07) is 7.81. The molecule has 0 saturated heterocycles. The molecule has 1 heterocycles. The predicted octanol–water partition coefficient (Wildman–Crippen LogP) is 6.17. The largest absolute Gasteiger partial charge is 0.497 e. The molecule has 1 aromatic heterocycles. The molecule has 1 fully saturated rings. The van der Waals surface area contributed by atoms with E-state index in [0.717, 1.165) is 48.4 Å². The Labute approximate surface area is 213 Å². The van der Waals surface area contributed by atoms with E-state index in [9.17, 15) is 9.59 Å². The first-order valence-corrected chi connectivity index (χ1v) is 13.5. The highest BCUT2D eigenvalue weighted by atomic mass is 32.1. The van der Waals surface area contributed by atoms with Gasteiger partial charge >= 0.3 is 0 Å². The van der Waals surface area contributed by atoms with Crippen LogP contribution < -0.4 is 10.1 Å². The summed E-state index contributed by atoms with van der Waals surface area (Å²) in [7, 11) is 1.63. The Morgan fingerprint density at radius 2 is 1.83 bits per heavy atom. The van der Waals surface area contributed by atoms with E-state index in [4.69, 9.17) is 4.74 Å². The number of amides is 2. The van der Waals surface area contributed by atoms with E-state index < -0.39 is 0 Å². The molecule has 0 bridgehead atoms. The third-order valence-electron chi connectivity index (χ3n) is 6.41. The van der Waals surface area contributed by atoms with E-state index in [0.29, 0.717) is 24.0 Å². The number of benzene rings is 1. The zero-order chi connectivity index (χ0) is 25.4. The fourth-order valence-corrected chi connectivity index (χ4v) is 5.73. The van der Waals surface area contributed by atoms with Crippen LogP contribution in [-0.4, -0.2) is 46.6 Å². The summed E-state index contributed by atoms with van der Waals surface area (Å²) in [6.07, 6.45) is 7.39. The molecule has 2 amide bonds. The minimum Gasteiger partial charge on any atom is -0.497 e. The number of rotatable bonds is 10. The third-order valence-corrected chi connectivity index (χ3v) is 7.30. The molecule has 7 nitrogen and oxygen atoms in total. The van der Waals surface area contributed by atoms with Gasteiger partial charge in [-0.05, 0) is 54.9 Å². The zero-order valence-electron chi connectivity index (χ0n) is 21.8. The molecule has 0 aliphatic heterocycles. The molecule has 1 aliphatic rings. The first-order valence-electron chi connectivity index (χ1n) is 12.7. The van der Waals surface area contributed by atoms with Crippen LogP contribution in [-0.2, 0) is 9.59 Å². The van der Waals surface area contributed by atoms with Gasteiger partial charge in [-0.3, -0.25) is 9.59 Å². The van der Waals surface area contributed by atoms with Crippen molar-refractivity contribution < 1.29 is 14.3 Å². The lowest BCUT2D eigenvalue weighted by Crippen LogP contribution is -2.43. The highest BCUT2D eigenvalue weighted by Gasteiger charge is 2.28. The Kier molecular flexibility index (Phi) is 9.66. The Hall–Kier alpha value is -2.48. The molecule has 8 heteroatoms. The second-order valence-corrected chi connectivity index (χ2v) is 11.9. The van der Waals surface area contributed by atoms with Crippen molar-refractivity contribution in [1.29, 1.82) is 0 Å². The van der Waals surface area contributed by atoms with Crippen molar-refractivity contribution in [3.05, 3.63) is 24.3 Å². The average molecular weight is 501 g/mol. The third kappa shape index (κ3) is 8.60. The smallest absolute Gasteiger partial charge is 0.227 e. The summed E-state index contributed by atoms with van der Waals surface area (Å²) in [5.41, 5.74) is 1.11. The van der Waals surface area contributed by atoms with Gasteiger partial charge in [-0.25, -0.2) is 0 Å². The molecule has 1 atom stereocenters. The Balaban J connectivity index is 1.57. The fraction of sp³-hybridized carbons (Fsp3) is 0.630. The predicted molar refractivity (Wildman–Crippen MR) is 142 cm³/mol. The fourth-order valence-electron chi connectivity index (χ4n) is 4.96. The van der Waals surface area contributed by atoms with Crippen molar-refractivity contribution in [2.75, 3.05) is 19.0 Å². The van der Waals surface area contributed by atoms with Crippen molar-refractivity contribution in [1.82, 2.24) is 15.1 Å². The number of aromatic nitrogens is 2. The molecule has 0 spiro atoms. The number of hydrogen-bond donors (Lipinski definition) is 1. The maximum absolute atomic E-state index is 13.3. The highest BCUT2D eigenvalue weighted by Crippen LogP contribution is 2.30. The zero-order valence-corrected chi connectivity index (χ0v) is 22.6. The quantitative estimate of drug-likeness (QED) is 0.422. The SMILES string of the molecule is COc1ccc(-c2nnc(NC(=O)CCN(C(=O)CC(C)CC(C)(C)C)C3CCCCC3)s2)cc1. The number of anilines is 1. The molecular formula is C27H40N4O3S. The van der Waals surface area contributed by atoms with Gasteiger partial charge in [-0.1, -0.05) is 58.3 Å². The number of nitrogens with one attached hydrogen (secondary N) is 1. The minimum atomic E-state index is -0.140. The molecule has 0 radical (unpaired) electrons. The molecule has 2 aromatic rings. The number of nitrogens with zero attached hydrogens (tertiary/aromatic N) is 3. The molecule has 1 N–H and O–H groups in total. The monoisotopic (exact) mass is 500 g/mol. The van der Waals surface area contributed by atoms with Gasteiger partial charge in [0.1, 0.15) is 10.8 Å². The Bertz CT molecular complexity index is 962. The van der Waals surface area contributed by atoms with Crippen molar-refractivity contribution >= 4 is 28.3 Å². The summed E-state index contributed by atoms with van der Waals surface area (Å²) in [5, 5.41) is 12.4. The first-order chi connectivity index (χ1) is 16.6. The van der Waals surface area contributed by atoms with E-state index in [1.54, 1.807) is 7.11 Å². The lowest BCUT2D eigenvalue weighted by Gasteiger charge is -2.35. The average Bonchev–Trinajstić information content (AvgIpc) is 3.27. The van der Waals surface area contributed by atoms with E-state index >= 15 is 0 Å². The van der Waals surface area contributed by atoms with Crippen LogP contribution in [0.5, 0.6) is 5.75 Å². The molecule has 3 rings (SSSR count). The number of carbonyl (C=O) groups excluding carboxylic acids is 2. The standard InChI is InChI=1S/C27H40N4O3S/c1-19(18-27(2,3)4)17-24(33)31(21-9-7-6-8-10-21)16-15-23(32)28-26-30-29-25(35-26)20-11-13-22(34-5)14-12-20/h11-14,19,21H,6-10,15-18H2,1-5H3,(H,28,30,32). The van der Waals surface area contributed by atoms with Crippen LogP contribution in [0.3, 0.4) is 0 Å². The van der Waals surface area contributed by atoms with Gasteiger partial charge in [-0.15, -0.1) is 10.2 Å². The summed E-state index contributed by atoms with van der Waals surface area (Å²) >= 11 is 1.33. The maximum atomic E-state index is 13.3. The van der Waals surface area contributed by atoms with E-state index in [-0.39, 0.29) is 29.7 Å². The molecular weight excluding hydrogens is 460 g/mol. The highest BCUT2D eigenvalue weighted by molar-refractivity contribution is 7.18. The van der Waals surface area contributed by atoms with Gasteiger partial charge in [0.15, 0.2) is 0 Å². The first kappa shape index (κ1) is 27.1. The number of methoxy groups -OCH3 is 1. The summed E-state index contributed by atoms with van der Waals surface area (Å²) in [4.78, 5) is 28.0. The summed E-state index contributed by atoms with van der Waals surface area (Å²) < 4.78 is 5.19. The molecule has 1 unspecified atom stereocenters. The van der Waals surface area contributed by atoms with Gasteiger partial charge in [0.25, 0.3) is 0 Å². The van der Waals surface area contributed by atoms with E-state index in [2.05, 4.69) is 43.2 Å². The molecule has 1 aromatic carbocycles. The number of carbonyl (C=O) groups is 2. The lowest BCUT2D eigenvalue weighted by molar-refractivity contribution is -0.135. The van der Waals surface area contributed by atoms with Gasteiger partial charge < -0.3 is 15.0 Å². The topological polar surface area (TPSA) is 84.4 Å². The Morgan fingerprint density at radius 1 is 1.14 bits per heavy atom. The molecule has 192 valence electrons. The van der Waals surface area contributed by atoms with E-state index in [1.807, 2.05) is 29.2 Å². The van der Waals surface area contributed by atoms with E-state index in [1.165, 1.54) is 17.8 Å². The number of hydrogen-bond acceptors (Lipinski definition) is 6. The van der Waals surface area contributed by atoms with Gasteiger partial charge in [0.05, 0.1) is 7.11 Å². The second kappa shape index (κ2) is 12.5. The second-order valence-electron chi connectivity index (χ2n) is 10.9. The van der Waals surface area contributed by atoms with Crippen LogP contribution >= 0.6 is 11.3 Å². The van der Waals surface area contributed by atoms with Crippen molar-refractivity contribution in [2.24, 2.45) is 11.3 Å². The van der Waals surface area contributed by atoms with Crippen LogP contribution in [0, 0.1) is 11.3 Å². The van der Waals surface area contributed by atoms with Crippen LogP contribution in [0.4, 0.5) is 5.13 Å². The van der Waals surface area contributed by atoms with Crippen LogP contribution in [0.2, 0.25) is 0 Å².